The summed E-state index contributed by atoms with van der Waals surface area (Å²) in [4.78, 5) is 1.10. The Kier molecular flexibility index (Phi) is 5.18. The van der Waals surface area contributed by atoms with Crippen LogP contribution in [0.3, 0.4) is 0 Å². The average Bonchev–Trinajstić information content (AvgIpc) is 2.85. The lowest BCUT2D eigenvalue weighted by Gasteiger charge is -2.24. The van der Waals surface area contributed by atoms with Crippen molar-refractivity contribution in [3.05, 3.63) is 50.4 Å². The van der Waals surface area contributed by atoms with E-state index in [0.717, 1.165) is 16.9 Å². The molecule has 0 spiro atoms. The molecule has 0 saturated carbocycles. The van der Waals surface area contributed by atoms with Crippen molar-refractivity contribution >= 4 is 27.3 Å². The lowest BCUT2D eigenvalue weighted by atomic mass is 10.1. The number of benzene rings is 1. The maximum atomic E-state index is 13.6. The van der Waals surface area contributed by atoms with Crippen molar-refractivity contribution in [1.82, 2.24) is 0 Å². The van der Waals surface area contributed by atoms with Gasteiger partial charge in [-0.15, -0.1) is 11.3 Å². The first-order valence-electron chi connectivity index (χ1n) is 6.44. The molecule has 0 bridgehead atoms. The van der Waals surface area contributed by atoms with Crippen molar-refractivity contribution in [3.63, 3.8) is 0 Å². The third kappa shape index (κ3) is 3.40. The molecule has 0 aliphatic heterocycles. The summed E-state index contributed by atoms with van der Waals surface area (Å²) in [6, 6.07) is 6.67. The van der Waals surface area contributed by atoms with Crippen molar-refractivity contribution < 1.29 is 9.13 Å². The second-order valence-corrected chi connectivity index (χ2v) is 6.46. The molecule has 2 nitrogen and oxygen atoms in total. The predicted octanol–water partition coefficient (Wildman–Crippen LogP) is 4.82. The number of rotatable bonds is 5. The van der Waals surface area contributed by atoms with Crippen LogP contribution < -0.4 is 10.5 Å². The Hall–Kier alpha value is -0.910. The Morgan fingerprint density at radius 2 is 2.15 bits per heavy atom. The highest BCUT2D eigenvalue weighted by molar-refractivity contribution is 9.10. The van der Waals surface area contributed by atoms with Gasteiger partial charge in [-0.25, -0.2) is 4.39 Å². The Morgan fingerprint density at radius 3 is 2.70 bits per heavy atom. The minimum absolute atomic E-state index is 0.126. The SMILES string of the molecule is CCC(N)C(Oc1ccc(Br)c(F)c1)c1sccc1C. The minimum Gasteiger partial charge on any atom is -0.483 e. The third-order valence-electron chi connectivity index (χ3n) is 3.17. The van der Waals surface area contributed by atoms with Crippen LogP contribution in [0.1, 0.15) is 29.9 Å². The van der Waals surface area contributed by atoms with Gasteiger partial charge in [0, 0.05) is 17.0 Å². The van der Waals surface area contributed by atoms with E-state index in [9.17, 15) is 4.39 Å². The highest BCUT2D eigenvalue weighted by Gasteiger charge is 2.23. The molecule has 0 fully saturated rings. The Labute approximate surface area is 130 Å². The quantitative estimate of drug-likeness (QED) is 0.832. The number of nitrogens with two attached hydrogens (primary N) is 1. The summed E-state index contributed by atoms with van der Waals surface area (Å²) in [5.74, 6) is 0.154. The van der Waals surface area contributed by atoms with Crippen molar-refractivity contribution in [1.29, 1.82) is 0 Å². The zero-order valence-corrected chi connectivity index (χ0v) is 13.8. The molecule has 0 aliphatic rings. The van der Waals surface area contributed by atoms with E-state index in [1.54, 1.807) is 23.5 Å². The van der Waals surface area contributed by atoms with Gasteiger partial charge < -0.3 is 10.5 Å². The van der Waals surface area contributed by atoms with Crippen molar-refractivity contribution in [2.45, 2.75) is 32.4 Å². The summed E-state index contributed by atoms with van der Waals surface area (Å²) < 4.78 is 20.0. The minimum atomic E-state index is -0.339. The standard InChI is InChI=1S/C15H17BrFNOS/c1-3-13(18)14(15-9(2)6-7-20-15)19-10-4-5-11(16)12(17)8-10/h4-8,13-14H,3,18H2,1-2H3. The molecule has 1 heterocycles. The first kappa shape index (κ1) is 15.5. The molecular weight excluding hydrogens is 341 g/mol. The van der Waals surface area contributed by atoms with Gasteiger partial charge in [0.25, 0.3) is 0 Å². The van der Waals surface area contributed by atoms with Gasteiger partial charge in [-0.3, -0.25) is 0 Å². The summed E-state index contributed by atoms with van der Waals surface area (Å²) in [5.41, 5.74) is 7.33. The van der Waals surface area contributed by atoms with E-state index in [2.05, 4.69) is 15.9 Å². The molecular formula is C15H17BrFNOS. The predicted molar refractivity (Wildman–Crippen MR) is 84.8 cm³/mol. The fraction of sp³-hybridized carbons (Fsp3) is 0.333. The van der Waals surface area contributed by atoms with Crippen LogP contribution in [-0.4, -0.2) is 6.04 Å². The molecule has 0 saturated heterocycles. The number of ether oxygens (including phenoxy) is 1. The molecule has 2 aromatic rings. The van der Waals surface area contributed by atoms with Gasteiger partial charge in [-0.1, -0.05) is 6.92 Å². The Balaban J connectivity index is 2.28. The summed E-state index contributed by atoms with van der Waals surface area (Å²) in [6.45, 7) is 4.05. The van der Waals surface area contributed by atoms with E-state index in [4.69, 9.17) is 10.5 Å². The molecule has 108 valence electrons. The van der Waals surface area contributed by atoms with Gasteiger partial charge in [0.15, 0.2) is 0 Å². The zero-order chi connectivity index (χ0) is 14.7. The molecule has 2 rings (SSSR count). The zero-order valence-electron chi connectivity index (χ0n) is 11.4. The van der Waals surface area contributed by atoms with Gasteiger partial charge in [-0.05, 0) is 58.4 Å². The summed E-state index contributed by atoms with van der Waals surface area (Å²) in [5, 5.41) is 2.02. The second kappa shape index (κ2) is 6.70. The van der Waals surface area contributed by atoms with Gasteiger partial charge in [-0.2, -0.15) is 0 Å². The van der Waals surface area contributed by atoms with Crippen molar-refractivity contribution in [2.24, 2.45) is 5.73 Å². The monoisotopic (exact) mass is 357 g/mol. The van der Waals surface area contributed by atoms with E-state index >= 15 is 0 Å². The maximum absolute atomic E-state index is 13.6. The van der Waals surface area contributed by atoms with Crippen LogP contribution in [0.5, 0.6) is 5.75 Å². The van der Waals surface area contributed by atoms with E-state index in [1.165, 1.54) is 6.07 Å². The van der Waals surface area contributed by atoms with E-state index in [1.807, 2.05) is 25.3 Å². The second-order valence-electron chi connectivity index (χ2n) is 4.65. The molecule has 0 radical (unpaired) electrons. The van der Waals surface area contributed by atoms with Crippen LogP contribution in [0.4, 0.5) is 4.39 Å². The number of halogens is 2. The van der Waals surface area contributed by atoms with Crippen LogP contribution in [0.15, 0.2) is 34.1 Å². The molecule has 2 unspecified atom stereocenters. The van der Waals surface area contributed by atoms with Gasteiger partial charge >= 0.3 is 0 Å². The highest BCUT2D eigenvalue weighted by atomic mass is 79.9. The van der Waals surface area contributed by atoms with Gasteiger partial charge in [0.1, 0.15) is 17.7 Å². The normalized spacial score (nSPS) is 14.1. The summed E-state index contributed by atoms with van der Waals surface area (Å²) >= 11 is 4.76. The molecule has 2 atom stereocenters. The van der Waals surface area contributed by atoms with E-state index in [0.29, 0.717) is 10.2 Å². The summed E-state index contributed by atoms with van der Waals surface area (Å²) in [6.07, 6.45) is 0.543. The molecule has 5 heteroatoms. The number of aryl methyl sites for hydroxylation is 1. The van der Waals surface area contributed by atoms with Gasteiger partial charge in [0.2, 0.25) is 0 Å². The average molecular weight is 358 g/mol. The number of hydrogen-bond acceptors (Lipinski definition) is 3. The molecule has 1 aromatic heterocycles. The first-order valence-corrected chi connectivity index (χ1v) is 8.11. The Morgan fingerprint density at radius 1 is 1.40 bits per heavy atom. The Bertz CT molecular complexity index is 587. The molecule has 0 amide bonds. The smallest absolute Gasteiger partial charge is 0.148 e. The number of thiophene rings is 1. The van der Waals surface area contributed by atoms with Crippen LogP contribution in [-0.2, 0) is 0 Å². The van der Waals surface area contributed by atoms with E-state index < -0.39 is 0 Å². The van der Waals surface area contributed by atoms with Crippen molar-refractivity contribution in [3.8, 4) is 5.75 Å². The van der Waals surface area contributed by atoms with Crippen LogP contribution in [0.25, 0.3) is 0 Å². The molecule has 1 aromatic carbocycles. The molecule has 20 heavy (non-hydrogen) atoms. The van der Waals surface area contributed by atoms with Crippen molar-refractivity contribution in [2.75, 3.05) is 0 Å². The highest BCUT2D eigenvalue weighted by Crippen LogP contribution is 2.32. The largest absolute Gasteiger partial charge is 0.483 e. The number of hydrogen-bond donors (Lipinski definition) is 1. The fourth-order valence-corrected chi connectivity index (χ4v) is 3.20. The van der Waals surface area contributed by atoms with Crippen LogP contribution in [0, 0.1) is 12.7 Å². The summed E-state index contributed by atoms with van der Waals surface area (Å²) in [7, 11) is 0. The maximum Gasteiger partial charge on any atom is 0.148 e. The first-order chi connectivity index (χ1) is 9.52. The molecule has 2 N–H and O–H groups in total. The topological polar surface area (TPSA) is 35.2 Å². The van der Waals surface area contributed by atoms with Crippen LogP contribution >= 0.6 is 27.3 Å². The fourth-order valence-electron chi connectivity index (χ4n) is 1.92. The van der Waals surface area contributed by atoms with E-state index in [-0.39, 0.29) is 18.0 Å². The molecule has 0 aliphatic carbocycles. The lowest BCUT2D eigenvalue weighted by Crippen LogP contribution is -2.31. The third-order valence-corrected chi connectivity index (χ3v) is 4.90. The van der Waals surface area contributed by atoms with Gasteiger partial charge in [0.05, 0.1) is 4.47 Å². The van der Waals surface area contributed by atoms with Crippen LogP contribution in [0.2, 0.25) is 0 Å². The lowest BCUT2D eigenvalue weighted by molar-refractivity contribution is 0.173.